The van der Waals surface area contributed by atoms with Gasteiger partial charge in [0.15, 0.2) is 0 Å². The van der Waals surface area contributed by atoms with Crippen LogP contribution < -0.4 is 5.32 Å². The lowest BCUT2D eigenvalue weighted by molar-refractivity contribution is 0.0786. The van der Waals surface area contributed by atoms with Gasteiger partial charge in [-0.2, -0.15) is 0 Å². The summed E-state index contributed by atoms with van der Waals surface area (Å²) in [5.41, 5.74) is 1.48. The summed E-state index contributed by atoms with van der Waals surface area (Å²) < 4.78 is 0. The minimum absolute atomic E-state index is 0.0734. The standard InChI is InChI=1S/C11H15N3O/c1-12-10-7-13-6-5-9(10)11(15)14(2)8-3-4-8/h5-8,12H,3-4H2,1-2H3. The third kappa shape index (κ3) is 1.93. The van der Waals surface area contributed by atoms with Crippen LogP contribution in [0, 0.1) is 0 Å². The fraction of sp³-hybridized carbons (Fsp3) is 0.455. The fourth-order valence-electron chi connectivity index (χ4n) is 1.60. The molecule has 1 saturated carbocycles. The van der Waals surface area contributed by atoms with Gasteiger partial charge in [0, 0.05) is 26.3 Å². The second kappa shape index (κ2) is 3.88. The Morgan fingerprint density at radius 2 is 2.33 bits per heavy atom. The monoisotopic (exact) mass is 205 g/mol. The van der Waals surface area contributed by atoms with E-state index in [9.17, 15) is 4.79 Å². The van der Waals surface area contributed by atoms with Crippen molar-refractivity contribution in [1.82, 2.24) is 9.88 Å². The van der Waals surface area contributed by atoms with Crippen molar-refractivity contribution in [3.05, 3.63) is 24.0 Å². The molecule has 1 amide bonds. The Morgan fingerprint density at radius 3 is 2.93 bits per heavy atom. The van der Waals surface area contributed by atoms with Crippen LogP contribution in [0.5, 0.6) is 0 Å². The number of amides is 1. The number of rotatable bonds is 3. The molecule has 15 heavy (non-hydrogen) atoms. The molecular formula is C11H15N3O. The zero-order valence-corrected chi connectivity index (χ0v) is 9.03. The topological polar surface area (TPSA) is 45.2 Å². The van der Waals surface area contributed by atoms with Crippen molar-refractivity contribution in [1.29, 1.82) is 0 Å². The van der Waals surface area contributed by atoms with Crippen LogP contribution in [0.1, 0.15) is 23.2 Å². The molecule has 2 rings (SSSR count). The first-order chi connectivity index (χ1) is 7.24. The van der Waals surface area contributed by atoms with E-state index in [2.05, 4.69) is 10.3 Å². The molecule has 0 unspecified atom stereocenters. The van der Waals surface area contributed by atoms with Crippen molar-refractivity contribution in [3.63, 3.8) is 0 Å². The molecule has 1 fully saturated rings. The van der Waals surface area contributed by atoms with Crippen molar-refractivity contribution in [3.8, 4) is 0 Å². The Balaban J connectivity index is 2.23. The molecule has 4 heteroatoms. The molecule has 0 spiro atoms. The quantitative estimate of drug-likeness (QED) is 0.810. The van der Waals surface area contributed by atoms with Gasteiger partial charge < -0.3 is 10.2 Å². The number of carbonyl (C=O) groups is 1. The fourth-order valence-corrected chi connectivity index (χ4v) is 1.60. The summed E-state index contributed by atoms with van der Waals surface area (Å²) in [5, 5.41) is 2.98. The van der Waals surface area contributed by atoms with E-state index in [0.29, 0.717) is 11.6 Å². The van der Waals surface area contributed by atoms with Crippen LogP contribution in [-0.2, 0) is 0 Å². The number of anilines is 1. The smallest absolute Gasteiger partial charge is 0.256 e. The highest BCUT2D eigenvalue weighted by Crippen LogP contribution is 2.27. The van der Waals surface area contributed by atoms with Crippen LogP contribution in [0.15, 0.2) is 18.5 Å². The Bertz CT molecular complexity index is 374. The van der Waals surface area contributed by atoms with Crippen LogP contribution in [0.4, 0.5) is 5.69 Å². The van der Waals surface area contributed by atoms with Crippen molar-refractivity contribution in [2.24, 2.45) is 0 Å². The average molecular weight is 205 g/mol. The Morgan fingerprint density at radius 1 is 1.60 bits per heavy atom. The first-order valence-corrected chi connectivity index (χ1v) is 5.13. The number of aromatic nitrogens is 1. The van der Waals surface area contributed by atoms with E-state index in [1.165, 1.54) is 0 Å². The predicted molar refractivity (Wildman–Crippen MR) is 58.9 cm³/mol. The molecule has 1 heterocycles. The lowest BCUT2D eigenvalue weighted by atomic mass is 10.2. The van der Waals surface area contributed by atoms with Crippen LogP contribution in [-0.4, -0.2) is 35.9 Å². The van der Waals surface area contributed by atoms with Crippen LogP contribution >= 0.6 is 0 Å². The van der Waals surface area contributed by atoms with Gasteiger partial charge >= 0.3 is 0 Å². The third-order valence-corrected chi connectivity index (χ3v) is 2.74. The van der Waals surface area contributed by atoms with Gasteiger partial charge in [0.1, 0.15) is 0 Å². The maximum Gasteiger partial charge on any atom is 0.256 e. The van der Waals surface area contributed by atoms with Crippen molar-refractivity contribution in [2.75, 3.05) is 19.4 Å². The minimum Gasteiger partial charge on any atom is -0.386 e. The van der Waals surface area contributed by atoms with E-state index in [1.54, 1.807) is 25.5 Å². The number of carbonyl (C=O) groups excluding carboxylic acids is 1. The lowest BCUT2D eigenvalue weighted by Crippen LogP contribution is -2.29. The summed E-state index contributed by atoms with van der Waals surface area (Å²) >= 11 is 0. The Labute approximate surface area is 89.3 Å². The highest BCUT2D eigenvalue weighted by molar-refractivity contribution is 5.99. The van der Waals surface area contributed by atoms with Crippen LogP contribution in [0.3, 0.4) is 0 Å². The zero-order chi connectivity index (χ0) is 10.8. The summed E-state index contributed by atoms with van der Waals surface area (Å²) in [6.45, 7) is 0. The lowest BCUT2D eigenvalue weighted by Gasteiger charge is -2.17. The number of nitrogens with zero attached hydrogens (tertiary/aromatic N) is 2. The molecule has 0 saturated heterocycles. The molecule has 0 atom stereocenters. The summed E-state index contributed by atoms with van der Waals surface area (Å²) in [5.74, 6) is 0.0734. The van der Waals surface area contributed by atoms with Crippen molar-refractivity contribution in [2.45, 2.75) is 18.9 Å². The van der Waals surface area contributed by atoms with Gasteiger partial charge in [0.2, 0.25) is 0 Å². The minimum atomic E-state index is 0.0734. The molecule has 4 nitrogen and oxygen atoms in total. The number of hydrogen-bond donors (Lipinski definition) is 1. The van der Waals surface area contributed by atoms with Crippen LogP contribution in [0.2, 0.25) is 0 Å². The molecule has 0 aromatic carbocycles. The molecule has 0 bridgehead atoms. The predicted octanol–water partition coefficient (Wildman–Crippen LogP) is 1.36. The van der Waals surface area contributed by atoms with E-state index >= 15 is 0 Å². The largest absolute Gasteiger partial charge is 0.386 e. The Kier molecular flexibility index (Phi) is 2.58. The molecule has 0 aliphatic heterocycles. The normalized spacial score (nSPS) is 14.8. The van der Waals surface area contributed by atoms with E-state index in [1.807, 2.05) is 11.9 Å². The molecule has 1 aromatic rings. The number of pyridine rings is 1. The van der Waals surface area contributed by atoms with E-state index in [-0.39, 0.29) is 5.91 Å². The first kappa shape index (κ1) is 9.96. The van der Waals surface area contributed by atoms with Gasteiger partial charge in [-0.1, -0.05) is 0 Å². The maximum absolute atomic E-state index is 12.1. The highest BCUT2D eigenvalue weighted by Gasteiger charge is 2.30. The average Bonchev–Trinajstić information content (AvgIpc) is 3.11. The van der Waals surface area contributed by atoms with E-state index in [4.69, 9.17) is 0 Å². The highest BCUT2D eigenvalue weighted by atomic mass is 16.2. The van der Waals surface area contributed by atoms with Gasteiger partial charge in [0.05, 0.1) is 17.4 Å². The molecule has 0 radical (unpaired) electrons. The van der Waals surface area contributed by atoms with Gasteiger partial charge in [-0.25, -0.2) is 0 Å². The summed E-state index contributed by atoms with van der Waals surface area (Å²) in [4.78, 5) is 17.9. The molecule has 1 aromatic heterocycles. The summed E-state index contributed by atoms with van der Waals surface area (Å²) in [7, 11) is 3.66. The van der Waals surface area contributed by atoms with Gasteiger partial charge in [-0.15, -0.1) is 0 Å². The second-order valence-electron chi connectivity index (χ2n) is 3.82. The van der Waals surface area contributed by atoms with Gasteiger partial charge in [0.25, 0.3) is 5.91 Å². The molecule has 1 aliphatic carbocycles. The van der Waals surface area contributed by atoms with Crippen molar-refractivity contribution < 1.29 is 4.79 Å². The van der Waals surface area contributed by atoms with E-state index < -0.39 is 0 Å². The molecule has 80 valence electrons. The summed E-state index contributed by atoms with van der Waals surface area (Å²) in [6, 6.07) is 2.20. The van der Waals surface area contributed by atoms with Gasteiger partial charge in [-0.05, 0) is 18.9 Å². The number of hydrogen-bond acceptors (Lipinski definition) is 3. The molecule has 1 aliphatic rings. The SMILES string of the molecule is CNc1cnccc1C(=O)N(C)C1CC1. The zero-order valence-electron chi connectivity index (χ0n) is 9.03. The third-order valence-electron chi connectivity index (χ3n) is 2.74. The Hall–Kier alpha value is -1.58. The van der Waals surface area contributed by atoms with Crippen LogP contribution in [0.25, 0.3) is 0 Å². The maximum atomic E-state index is 12.1. The van der Waals surface area contributed by atoms with Crippen molar-refractivity contribution >= 4 is 11.6 Å². The molecular weight excluding hydrogens is 190 g/mol. The molecule has 1 N–H and O–H groups in total. The second-order valence-corrected chi connectivity index (χ2v) is 3.82. The number of nitrogens with one attached hydrogen (secondary N) is 1. The first-order valence-electron chi connectivity index (χ1n) is 5.13. The van der Waals surface area contributed by atoms with Gasteiger partial charge in [-0.3, -0.25) is 9.78 Å². The van der Waals surface area contributed by atoms with E-state index in [0.717, 1.165) is 18.5 Å². The summed E-state index contributed by atoms with van der Waals surface area (Å²) in [6.07, 6.45) is 5.58.